The predicted octanol–water partition coefficient (Wildman–Crippen LogP) is 4.28. The lowest BCUT2D eigenvalue weighted by atomic mass is 9.86. The molecule has 0 aliphatic heterocycles. The second kappa shape index (κ2) is 9.47. The first-order valence-corrected chi connectivity index (χ1v) is 11.8. The van der Waals surface area contributed by atoms with E-state index in [1.165, 1.54) is 0 Å². The molecule has 0 spiro atoms. The number of benzene rings is 2. The first-order valence-electron chi connectivity index (χ1n) is 11.4. The third kappa shape index (κ3) is 5.40. The molecule has 1 aliphatic rings. The monoisotopic (exact) mass is 477 g/mol. The van der Waals surface area contributed by atoms with Crippen LogP contribution in [0, 0.1) is 22.7 Å². The van der Waals surface area contributed by atoms with Gasteiger partial charge in [-0.3, -0.25) is 14.3 Å². The van der Waals surface area contributed by atoms with Gasteiger partial charge < -0.3 is 10.6 Å². The summed E-state index contributed by atoms with van der Waals surface area (Å²) in [6.07, 6.45) is 2.27. The molecule has 2 aromatic carbocycles. The fraction of sp³-hybridized carbons (Fsp3) is 0.385. The van der Waals surface area contributed by atoms with Crippen LogP contribution in [0.5, 0.6) is 0 Å². The number of carbonyl (C=O) groups excluding carboxylic acids is 2. The van der Waals surface area contributed by atoms with Crippen LogP contribution in [0.3, 0.4) is 0 Å². The molecular formula is C26H28ClN5O2. The standard InChI is InChI=1S/C26H28ClN5O2/c1-26(2,3)23(25(34)29-14-17-6-7-17)30-24(33)22-20-12-19(27)10-11-21(20)32(31-22)15-18-8-4-16(13-28)5-9-18/h4-5,8-12,17,23H,6-7,14-15H2,1-3H3,(H,29,34)(H,30,33). The van der Waals surface area contributed by atoms with E-state index in [2.05, 4.69) is 21.8 Å². The van der Waals surface area contributed by atoms with Gasteiger partial charge in [-0.05, 0) is 60.1 Å². The smallest absolute Gasteiger partial charge is 0.273 e. The number of carbonyl (C=O) groups is 2. The van der Waals surface area contributed by atoms with Crippen LogP contribution in [0.15, 0.2) is 42.5 Å². The van der Waals surface area contributed by atoms with Gasteiger partial charge in [-0.1, -0.05) is 44.5 Å². The molecule has 1 fully saturated rings. The molecule has 1 heterocycles. The van der Waals surface area contributed by atoms with Crippen LogP contribution in [0.25, 0.3) is 10.9 Å². The van der Waals surface area contributed by atoms with E-state index in [9.17, 15) is 9.59 Å². The van der Waals surface area contributed by atoms with Crippen molar-refractivity contribution in [2.24, 2.45) is 11.3 Å². The molecule has 1 aliphatic carbocycles. The largest absolute Gasteiger partial charge is 0.354 e. The van der Waals surface area contributed by atoms with Gasteiger partial charge in [-0.2, -0.15) is 10.4 Å². The highest BCUT2D eigenvalue weighted by atomic mass is 35.5. The number of amides is 2. The van der Waals surface area contributed by atoms with Crippen LogP contribution >= 0.6 is 11.6 Å². The molecule has 4 rings (SSSR count). The second-order valence-corrected chi connectivity index (χ2v) is 10.4. The van der Waals surface area contributed by atoms with E-state index in [1.54, 1.807) is 28.9 Å². The lowest BCUT2D eigenvalue weighted by molar-refractivity contribution is -0.125. The van der Waals surface area contributed by atoms with Crippen molar-refractivity contribution < 1.29 is 9.59 Å². The minimum absolute atomic E-state index is 0.188. The van der Waals surface area contributed by atoms with Crippen LogP contribution in [0.4, 0.5) is 0 Å². The van der Waals surface area contributed by atoms with Crippen LogP contribution in [0.2, 0.25) is 5.02 Å². The quantitative estimate of drug-likeness (QED) is 0.530. The van der Waals surface area contributed by atoms with Crippen molar-refractivity contribution in [3.05, 3.63) is 64.3 Å². The number of halogens is 1. The van der Waals surface area contributed by atoms with Crippen LogP contribution < -0.4 is 10.6 Å². The molecule has 3 aromatic rings. The van der Waals surface area contributed by atoms with E-state index >= 15 is 0 Å². The number of nitrogens with zero attached hydrogens (tertiary/aromatic N) is 3. The minimum Gasteiger partial charge on any atom is -0.354 e. The summed E-state index contributed by atoms with van der Waals surface area (Å²) in [6, 6.07) is 13.9. The predicted molar refractivity (Wildman–Crippen MR) is 131 cm³/mol. The second-order valence-electron chi connectivity index (χ2n) is 9.94. The molecule has 8 heteroatoms. The van der Waals surface area contributed by atoms with E-state index in [0.29, 0.717) is 35.0 Å². The highest BCUT2D eigenvalue weighted by molar-refractivity contribution is 6.31. The maximum atomic E-state index is 13.4. The highest BCUT2D eigenvalue weighted by Crippen LogP contribution is 2.28. The van der Waals surface area contributed by atoms with Crippen LogP contribution in [-0.2, 0) is 11.3 Å². The molecule has 1 saturated carbocycles. The van der Waals surface area contributed by atoms with Gasteiger partial charge in [-0.25, -0.2) is 0 Å². The molecule has 0 saturated heterocycles. The molecular weight excluding hydrogens is 450 g/mol. The number of nitrogens with one attached hydrogen (secondary N) is 2. The van der Waals surface area contributed by atoms with Crippen molar-refractivity contribution in [1.82, 2.24) is 20.4 Å². The average Bonchev–Trinajstić information content (AvgIpc) is 3.56. The molecule has 2 N–H and O–H groups in total. The molecule has 1 atom stereocenters. The summed E-state index contributed by atoms with van der Waals surface area (Å²) < 4.78 is 1.74. The van der Waals surface area contributed by atoms with Gasteiger partial charge in [0.15, 0.2) is 5.69 Å². The molecule has 0 radical (unpaired) electrons. The average molecular weight is 478 g/mol. The number of aromatic nitrogens is 2. The lowest BCUT2D eigenvalue weighted by Gasteiger charge is -2.30. The number of nitriles is 1. The van der Waals surface area contributed by atoms with E-state index in [1.807, 2.05) is 39.0 Å². The fourth-order valence-electron chi connectivity index (χ4n) is 3.84. The summed E-state index contributed by atoms with van der Waals surface area (Å²) in [5, 5.41) is 20.6. The Hall–Kier alpha value is -3.37. The van der Waals surface area contributed by atoms with Gasteiger partial charge in [0.2, 0.25) is 5.91 Å². The van der Waals surface area contributed by atoms with Crippen molar-refractivity contribution in [2.45, 2.75) is 46.2 Å². The van der Waals surface area contributed by atoms with Crippen molar-refractivity contribution in [1.29, 1.82) is 5.26 Å². The number of rotatable bonds is 7. The van der Waals surface area contributed by atoms with E-state index < -0.39 is 17.4 Å². The fourth-order valence-corrected chi connectivity index (χ4v) is 4.01. The molecule has 0 bridgehead atoms. The van der Waals surface area contributed by atoms with E-state index in [-0.39, 0.29) is 11.6 Å². The van der Waals surface area contributed by atoms with E-state index in [4.69, 9.17) is 16.9 Å². The third-order valence-electron chi connectivity index (χ3n) is 6.01. The van der Waals surface area contributed by atoms with Gasteiger partial charge in [0.25, 0.3) is 5.91 Å². The molecule has 1 aromatic heterocycles. The van der Waals surface area contributed by atoms with Crippen LogP contribution in [0.1, 0.15) is 55.2 Å². The van der Waals surface area contributed by atoms with Gasteiger partial charge in [0.1, 0.15) is 6.04 Å². The Morgan fingerprint density at radius 2 is 1.91 bits per heavy atom. The first-order chi connectivity index (χ1) is 16.2. The van der Waals surface area contributed by atoms with Gasteiger partial charge in [0, 0.05) is 17.0 Å². The Morgan fingerprint density at radius 1 is 1.21 bits per heavy atom. The minimum atomic E-state index is -0.711. The van der Waals surface area contributed by atoms with Gasteiger partial charge >= 0.3 is 0 Å². The molecule has 1 unspecified atom stereocenters. The molecule has 34 heavy (non-hydrogen) atoms. The lowest BCUT2D eigenvalue weighted by Crippen LogP contribution is -2.54. The maximum absolute atomic E-state index is 13.4. The Balaban J connectivity index is 1.62. The van der Waals surface area contributed by atoms with E-state index in [0.717, 1.165) is 23.9 Å². The normalized spacial score (nSPS) is 14.4. The van der Waals surface area contributed by atoms with Crippen LogP contribution in [-0.4, -0.2) is 34.2 Å². The zero-order valence-corrected chi connectivity index (χ0v) is 20.3. The number of hydrogen-bond donors (Lipinski definition) is 2. The summed E-state index contributed by atoms with van der Waals surface area (Å²) in [7, 11) is 0. The maximum Gasteiger partial charge on any atom is 0.273 e. The van der Waals surface area contributed by atoms with Crippen molar-refractivity contribution >= 4 is 34.3 Å². The Kier molecular flexibility index (Phi) is 6.63. The first kappa shape index (κ1) is 23.8. The highest BCUT2D eigenvalue weighted by Gasteiger charge is 2.35. The number of hydrogen-bond acceptors (Lipinski definition) is 4. The van der Waals surface area contributed by atoms with Gasteiger partial charge in [0.05, 0.1) is 23.7 Å². The van der Waals surface area contributed by atoms with Crippen molar-refractivity contribution in [3.8, 4) is 6.07 Å². The summed E-state index contributed by atoms with van der Waals surface area (Å²) in [5.41, 5.74) is 2.01. The SMILES string of the molecule is CC(C)(C)C(NC(=O)c1nn(Cc2ccc(C#N)cc2)c2ccc(Cl)cc12)C(=O)NCC1CC1. The van der Waals surface area contributed by atoms with Crippen molar-refractivity contribution in [2.75, 3.05) is 6.54 Å². The summed E-state index contributed by atoms with van der Waals surface area (Å²) in [4.78, 5) is 26.3. The zero-order valence-electron chi connectivity index (χ0n) is 19.6. The molecule has 176 valence electrons. The Labute approximate surface area is 204 Å². The zero-order chi connectivity index (χ0) is 24.5. The van der Waals surface area contributed by atoms with Crippen molar-refractivity contribution in [3.63, 3.8) is 0 Å². The number of fused-ring (bicyclic) bond motifs is 1. The third-order valence-corrected chi connectivity index (χ3v) is 6.24. The summed E-state index contributed by atoms with van der Waals surface area (Å²) in [6.45, 7) is 6.83. The Bertz CT molecular complexity index is 1260. The summed E-state index contributed by atoms with van der Waals surface area (Å²) in [5.74, 6) is -0.0660. The Morgan fingerprint density at radius 3 is 2.53 bits per heavy atom. The molecule has 7 nitrogen and oxygen atoms in total. The summed E-state index contributed by atoms with van der Waals surface area (Å²) >= 11 is 6.24. The van der Waals surface area contributed by atoms with Gasteiger partial charge in [-0.15, -0.1) is 0 Å². The topological polar surface area (TPSA) is 99.8 Å². The molecule has 2 amide bonds.